The lowest BCUT2D eigenvalue weighted by molar-refractivity contribution is 0.414. The normalized spacial score (nSPS) is 16.2. The molecule has 24 heavy (non-hydrogen) atoms. The van der Waals surface area contributed by atoms with Crippen molar-refractivity contribution in [2.24, 2.45) is 5.92 Å². The standard InChI is InChI=1S/C21H19F3/c1-2-3-14-5-10-18-17(12-14)9-8-16(21(18)24)7-4-15-6-11-19(22)20(23)13-15/h6,8-9,11,13-14H,2-3,5,10,12H2,1H3. The van der Waals surface area contributed by atoms with Gasteiger partial charge in [-0.2, -0.15) is 0 Å². The number of hydrogen-bond donors (Lipinski definition) is 0. The maximum absolute atomic E-state index is 14.7. The lowest BCUT2D eigenvalue weighted by Gasteiger charge is -2.25. The summed E-state index contributed by atoms with van der Waals surface area (Å²) >= 11 is 0. The molecule has 0 nitrogen and oxygen atoms in total. The molecule has 2 aromatic carbocycles. The second kappa shape index (κ2) is 7.13. The first-order valence-electron chi connectivity index (χ1n) is 8.35. The molecule has 1 aliphatic carbocycles. The maximum Gasteiger partial charge on any atom is 0.160 e. The van der Waals surface area contributed by atoms with E-state index in [2.05, 4.69) is 18.8 Å². The summed E-state index contributed by atoms with van der Waals surface area (Å²) in [5.41, 5.74) is 2.48. The van der Waals surface area contributed by atoms with Crippen molar-refractivity contribution in [3.63, 3.8) is 0 Å². The Hall–Kier alpha value is -2.21. The highest BCUT2D eigenvalue weighted by Crippen LogP contribution is 2.31. The van der Waals surface area contributed by atoms with Gasteiger partial charge in [0, 0.05) is 5.56 Å². The van der Waals surface area contributed by atoms with Gasteiger partial charge in [-0.15, -0.1) is 0 Å². The fourth-order valence-corrected chi connectivity index (χ4v) is 3.35. The summed E-state index contributed by atoms with van der Waals surface area (Å²) in [6.45, 7) is 2.17. The van der Waals surface area contributed by atoms with E-state index in [-0.39, 0.29) is 5.82 Å². The van der Waals surface area contributed by atoms with Crippen LogP contribution in [0.5, 0.6) is 0 Å². The van der Waals surface area contributed by atoms with Crippen LogP contribution in [0.15, 0.2) is 30.3 Å². The molecule has 0 fully saturated rings. The molecule has 0 saturated carbocycles. The molecule has 0 radical (unpaired) electrons. The molecular weight excluding hydrogens is 309 g/mol. The van der Waals surface area contributed by atoms with E-state index in [0.717, 1.165) is 48.9 Å². The van der Waals surface area contributed by atoms with E-state index in [1.54, 1.807) is 6.07 Å². The Bertz CT molecular complexity index is 812. The number of halogens is 3. The molecule has 0 N–H and O–H groups in total. The van der Waals surface area contributed by atoms with Crippen LogP contribution >= 0.6 is 0 Å². The maximum atomic E-state index is 14.7. The summed E-state index contributed by atoms with van der Waals surface area (Å²) in [4.78, 5) is 0. The summed E-state index contributed by atoms with van der Waals surface area (Å²) in [6, 6.07) is 7.08. The van der Waals surface area contributed by atoms with Gasteiger partial charge < -0.3 is 0 Å². The largest absolute Gasteiger partial charge is 0.205 e. The SMILES string of the molecule is CCCC1CCc2c(ccc(C#Cc3ccc(F)c(F)c3)c2F)C1. The molecule has 0 aliphatic heterocycles. The topological polar surface area (TPSA) is 0 Å². The van der Waals surface area contributed by atoms with Gasteiger partial charge in [-0.1, -0.05) is 37.7 Å². The van der Waals surface area contributed by atoms with Gasteiger partial charge in [0.15, 0.2) is 11.6 Å². The minimum Gasteiger partial charge on any atom is -0.205 e. The third-order valence-electron chi connectivity index (χ3n) is 4.61. The highest BCUT2D eigenvalue weighted by molar-refractivity contribution is 5.47. The number of hydrogen-bond acceptors (Lipinski definition) is 0. The Kier molecular flexibility index (Phi) is 4.94. The van der Waals surface area contributed by atoms with Gasteiger partial charge in [0.05, 0.1) is 5.56 Å². The highest BCUT2D eigenvalue weighted by atomic mass is 19.2. The van der Waals surface area contributed by atoms with E-state index in [4.69, 9.17) is 0 Å². The van der Waals surface area contributed by atoms with Gasteiger partial charge in [0.25, 0.3) is 0 Å². The molecule has 0 heterocycles. The molecule has 3 heteroatoms. The summed E-state index contributed by atoms with van der Waals surface area (Å²) in [5, 5.41) is 0. The van der Waals surface area contributed by atoms with Crippen LogP contribution in [0, 0.1) is 35.2 Å². The predicted octanol–water partition coefficient (Wildman–Crippen LogP) is 5.41. The quantitative estimate of drug-likeness (QED) is 0.647. The molecule has 1 unspecified atom stereocenters. The van der Waals surface area contributed by atoms with Crippen molar-refractivity contribution in [1.82, 2.24) is 0 Å². The molecule has 0 aromatic heterocycles. The fourth-order valence-electron chi connectivity index (χ4n) is 3.35. The van der Waals surface area contributed by atoms with Crippen LogP contribution in [0.4, 0.5) is 13.2 Å². The Morgan fingerprint density at radius 2 is 1.88 bits per heavy atom. The van der Waals surface area contributed by atoms with Crippen molar-refractivity contribution < 1.29 is 13.2 Å². The summed E-state index contributed by atoms with van der Waals surface area (Å²) in [6.07, 6.45) is 5.01. The number of rotatable bonds is 2. The molecule has 2 aromatic rings. The third-order valence-corrected chi connectivity index (χ3v) is 4.61. The van der Waals surface area contributed by atoms with E-state index in [1.165, 1.54) is 12.5 Å². The lowest BCUT2D eigenvalue weighted by Crippen LogP contribution is -2.16. The second-order valence-corrected chi connectivity index (χ2v) is 6.34. The van der Waals surface area contributed by atoms with E-state index in [9.17, 15) is 13.2 Å². The highest BCUT2D eigenvalue weighted by Gasteiger charge is 2.21. The second-order valence-electron chi connectivity index (χ2n) is 6.34. The van der Waals surface area contributed by atoms with Crippen molar-refractivity contribution >= 4 is 0 Å². The zero-order chi connectivity index (χ0) is 17.1. The summed E-state index contributed by atoms with van der Waals surface area (Å²) in [5.74, 6) is 3.97. The zero-order valence-corrected chi connectivity index (χ0v) is 13.6. The smallest absolute Gasteiger partial charge is 0.160 e. The van der Waals surface area contributed by atoms with Gasteiger partial charge in [-0.25, -0.2) is 13.2 Å². The van der Waals surface area contributed by atoms with Crippen molar-refractivity contribution in [3.8, 4) is 11.8 Å². The molecular formula is C21H19F3. The lowest BCUT2D eigenvalue weighted by atomic mass is 9.81. The van der Waals surface area contributed by atoms with Crippen molar-refractivity contribution in [2.75, 3.05) is 0 Å². The van der Waals surface area contributed by atoms with Gasteiger partial charge in [-0.05, 0) is 60.6 Å². The molecule has 0 spiro atoms. The Labute approximate surface area is 140 Å². The van der Waals surface area contributed by atoms with Crippen LogP contribution in [-0.2, 0) is 12.8 Å². The van der Waals surface area contributed by atoms with Crippen LogP contribution in [0.2, 0.25) is 0 Å². The van der Waals surface area contributed by atoms with Gasteiger partial charge in [0.1, 0.15) is 5.82 Å². The average molecular weight is 328 g/mol. The van der Waals surface area contributed by atoms with Crippen LogP contribution < -0.4 is 0 Å². The van der Waals surface area contributed by atoms with Gasteiger partial charge >= 0.3 is 0 Å². The third kappa shape index (κ3) is 3.48. The molecule has 124 valence electrons. The Morgan fingerprint density at radius 1 is 1.04 bits per heavy atom. The zero-order valence-electron chi connectivity index (χ0n) is 13.6. The summed E-state index contributed by atoms with van der Waals surface area (Å²) in [7, 11) is 0. The van der Waals surface area contributed by atoms with Crippen LogP contribution in [0.3, 0.4) is 0 Å². The van der Waals surface area contributed by atoms with Crippen LogP contribution in [0.1, 0.15) is 48.4 Å². The molecule has 0 bridgehead atoms. The molecule has 1 atom stereocenters. The minimum atomic E-state index is -0.949. The van der Waals surface area contributed by atoms with Crippen molar-refractivity contribution in [1.29, 1.82) is 0 Å². The fraction of sp³-hybridized carbons (Fsp3) is 0.333. The first-order valence-corrected chi connectivity index (χ1v) is 8.35. The predicted molar refractivity (Wildman–Crippen MR) is 89.2 cm³/mol. The average Bonchev–Trinajstić information content (AvgIpc) is 2.57. The van der Waals surface area contributed by atoms with Crippen LogP contribution in [-0.4, -0.2) is 0 Å². The first kappa shape index (κ1) is 16.6. The van der Waals surface area contributed by atoms with Crippen molar-refractivity contribution in [2.45, 2.75) is 39.0 Å². The molecule has 0 amide bonds. The Balaban J connectivity index is 1.86. The van der Waals surface area contributed by atoms with Gasteiger partial charge in [-0.3, -0.25) is 0 Å². The number of benzene rings is 2. The Morgan fingerprint density at radius 3 is 2.62 bits per heavy atom. The molecule has 1 aliphatic rings. The van der Waals surface area contributed by atoms with Crippen molar-refractivity contribution in [3.05, 3.63) is 70.0 Å². The van der Waals surface area contributed by atoms with E-state index in [0.29, 0.717) is 17.0 Å². The van der Waals surface area contributed by atoms with E-state index >= 15 is 0 Å². The first-order chi connectivity index (χ1) is 11.6. The monoisotopic (exact) mass is 328 g/mol. The van der Waals surface area contributed by atoms with Gasteiger partial charge in [0.2, 0.25) is 0 Å². The molecule has 0 saturated heterocycles. The van der Waals surface area contributed by atoms with E-state index in [1.807, 2.05) is 6.07 Å². The minimum absolute atomic E-state index is 0.266. The summed E-state index contributed by atoms with van der Waals surface area (Å²) < 4.78 is 40.8. The molecule has 3 rings (SSSR count). The van der Waals surface area contributed by atoms with Crippen LogP contribution in [0.25, 0.3) is 0 Å². The number of fused-ring (bicyclic) bond motifs is 1. The van der Waals surface area contributed by atoms with E-state index < -0.39 is 11.6 Å².